The molecule has 0 bridgehead atoms. The van der Waals surface area contributed by atoms with Gasteiger partial charge in [-0.3, -0.25) is 10.1 Å². The summed E-state index contributed by atoms with van der Waals surface area (Å²) in [6, 6.07) is 4.23. The average Bonchev–Trinajstić information content (AvgIpc) is 2.92. The van der Waals surface area contributed by atoms with Crippen LogP contribution in [0.4, 0.5) is 0 Å². The third kappa shape index (κ3) is 5.72. The van der Waals surface area contributed by atoms with E-state index in [2.05, 4.69) is 29.0 Å². The monoisotopic (exact) mass is 284 g/mol. The van der Waals surface area contributed by atoms with E-state index in [1.54, 1.807) is 18.4 Å². The summed E-state index contributed by atoms with van der Waals surface area (Å²) in [7, 11) is 1.63. The molecule has 1 amide bonds. The fourth-order valence-electron chi connectivity index (χ4n) is 1.89. The van der Waals surface area contributed by atoms with Crippen LogP contribution in [0.15, 0.2) is 17.5 Å². The predicted octanol–water partition coefficient (Wildman–Crippen LogP) is 2.33. The highest BCUT2D eigenvalue weighted by molar-refractivity contribution is 7.10. The van der Waals surface area contributed by atoms with Gasteiger partial charge >= 0.3 is 0 Å². The molecule has 1 aromatic heterocycles. The van der Waals surface area contributed by atoms with Gasteiger partial charge < -0.3 is 10.1 Å². The molecular weight excluding hydrogens is 260 g/mol. The minimum atomic E-state index is -0.199. The lowest BCUT2D eigenvalue weighted by Gasteiger charge is -2.21. The van der Waals surface area contributed by atoms with Crippen LogP contribution >= 0.6 is 11.3 Å². The van der Waals surface area contributed by atoms with E-state index in [0.29, 0.717) is 13.2 Å². The molecule has 1 heterocycles. The molecule has 0 saturated heterocycles. The van der Waals surface area contributed by atoms with Crippen LogP contribution in [-0.4, -0.2) is 32.2 Å². The van der Waals surface area contributed by atoms with Crippen molar-refractivity contribution in [2.45, 2.75) is 38.8 Å². The van der Waals surface area contributed by atoms with Crippen molar-refractivity contribution in [3.8, 4) is 0 Å². The predicted molar refractivity (Wildman–Crippen MR) is 79.5 cm³/mol. The zero-order valence-electron chi connectivity index (χ0n) is 11.9. The Hall–Kier alpha value is -0.910. The number of hydrogen-bond donors (Lipinski definition) is 2. The molecule has 0 spiro atoms. The van der Waals surface area contributed by atoms with E-state index in [0.717, 1.165) is 12.8 Å². The van der Waals surface area contributed by atoms with E-state index in [1.165, 1.54) is 4.88 Å². The molecule has 0 aliphatic carbocycles. The summed E-state index contributed by atoms with van der Waals surface area (Å²) < 4.78 is 4.92. The Kier molecular flexibility index (Phi) is 7.70. The van der Waals surface area contributed by atoms with Gasteiger partial charge in [-0.05, 0) is 24.8 Å². The number of nitrogens with one attached hydrogen (secondary N) is 2. The quantitative estimate of drug-likeness (QED) is 0.684. The van der Waals surface area contributed by atoms with Gasteiger partial charge in [-0.1, -0.05) is 19.4 Å². The maximum Gasteiger partial charge on any atom is 0.236 e. The number of carbonyl (C=O) groups excluding carboxylic acids is 1. The van der Waals surface area contributed by atoms with Gasteiger partial charge in [-0.15, -0.1) is 11.3 Å². The lowest BCUT2D eigenvalue weighted by molar-refractivity contribution is -0.123. The van der Waals surface area contributed by atoms with Gasteiger partial charge in [0.05, 0.1) is 12.6 Å². The van der Waals surface area contributed by atoms with E-state index >= 15 is 0 Å². The molecule has 108 valence electrons. The summed E-state index contributed by atoms with van der Waals surface area (Å²) in [6.07, 6.45) is 2.13. The van der Waals surface area contributed by atoms with Gasteiger partial charge in [0.1, 0.15) is 0 Å². The van der Waals surface area contributed by atoms with E-state index < -0.39 is 0 Å². The first-order chi connectivity index (χ1) is 9.19. The third-order valence-electron chi connectivity index (χ3n) is 2.91. The second-order valence-corrected chi connectivity index (χ2v) is 5.51. The molecule has 2 unspecified atom stereocenters. The van der Waals surface area contributed by atoms with Crippen molar-refractivity contribution in [2.24, 2.45) is 0 Å². The standard InChI is InChI=1S/C14H24N2O2S/c1-4-6-12(13-7-5-10-19-13)16-11(2)14(17)15-8-9-18-3/h5,7,10-12,16H,4,6,8-9H2,1-3H3,(H,15,17). The van der Waals surface area contributed by atoms with E-state index in [4.69, 9.17) is 4.74 Å². The zero-order valence-corrected chi connectivity index (χ0v) is 12.8. The van der Waals surface area contributed by atoms with Crippen molar-refractivity contribution in [2.75, 3.05) is 20.3 Å². The molecule has 19 heavy (non-hydrogen) atoms. The normalized spacial score (nSPS) is 14.1. The van der Waals surface area contributed by atoms with Crippen LogP contribution < -0.4 is 10.6 Å². The lowest BCUT2D eigenvalue weighted by atomic mass is 10.1. The molecule has 4 nitrogen and oxygen atoms in total. The first kappa shape index (κ1) is 16.1. The van der Waals surface area contributed by atoms with Crippen LogP contribution in [-0.2, 0) is 9.53 Å². The third-order valence-corrected chi connectivity index (χ3v) is 3.90. The fourth-order valence-corrected chi connectivity index (χ4v) is 2.71. The molecule has 1 rings (SSSR count). The topological polar surface area (TPSA) is 50.4 Å². The Labute approximate surface area is 119 Å². The molecule has 0 fully saturated rings. The number of amides is 1. The van der Waals surface area contributed by atoms with E-state index in [-0.39, 0.29) is 18.0 Å². The molecule has 0 radical (unpaired) electrons. The van der Waals surface area contributed by atoms with Gasteiger partial charge in [0, 0.05) is 24.6 Å². The minimum Gasteiger partial charge on any atom is -0.383 e. The summed E-state index contributed by atoms with van der Waals surface area (Å²) in [4.78, 5) is 13.2. The van der Waals surface area contributed by atoms with Crippen molar-refractivity contribution in [1.29, 1.82) is 0 Å². The number of rotatable bonds is 9. The number of carbonyl (C=O) groups is 1. The number of ether oxygens (including phenoxy) is 1. The largest absolute Gasteiger partial charge is 0.383 e. The second-order valence-electron chi connectivity index (χ2n) is 4.53. The Morgan fingerprint density at radius 2 is 2.32 bits per heavy atom. The number of methoxy groups -OCH3 is 1. The molecule has 0 saturated carbocycles. The molecular formula is C14H24N2O2S. The molecule has 2 atom stereocenters. The highest BCUT2D eigenvalue weighted by Crippen LogP contribution is 2.23. The van der Waals surface area contributed by atoms with Crippen LogP contribution in [0.2, 0.25) is 0 Å². The van der Waals surface area contributed by atoms with Crippen molar-refractivity contribution in [3.05, 3.63) is 22.4 Å². The van der Waals surface area contributed by atoms with Crippen LogP contribution in [0.25, 0.3) is 0 Å². The lowest BCUT2D eigenvalue weighted by Crippen LogP contribution is -2.44. The molecule has 0 aliphatic rings. The zero-order chi connectivity index (χ0) is 14.1. The molecule has 0 aliphatic heterocycles. The number of thiophene rings is 1. The van der Waals surface area contributed by atoms with Crippen LogP contribution in [0.5, 0.6) is 0 Å². The minimum absolute atomic E-state index is 0.0229. The fraction of sp³-hybridized carbons (Fsp3) is 0.643. The maximum absolute atomic E-state index is 11.9. The smallest absolute Gasteiger partial charge is 0.236 e. The Bertz CT molecular complexity index is 354. The first-order valence-corrected chi connectivity index (χ1v) is 7.63. The highest BCUT2D eigenvalue weighted by Gasteiger charge is 2.18. The van der Waals surface area contributed by atoms with Crippen LogP contribution in [0.1, 0.15) is 37.6 Å². The van der Waals surface area contributed by atoms with Crippen LogP contribution in [0.3, 0.4) is 0 Å². The SMILES string of the molecule is CCCC(NC(C)C(=O)NCCOC)c1cccs1. The van der Waals surface area contributed by atoms with Gasteiger partial charge in [-0.25, -0.2) is 0 Å². The molecule has 0 aromatic carbocycles. The Morgan fingerprint density at radius 3 is 2.89 bits per heavy atom. The van der Waals surface area contributed by atoms with Gasteiger partial charge in [0.2, 0.25) is 5.91 Å². The van der Waals surface area contributed by atoms with Crippen LogP contribution in [0, 0.1) is 0 Å². The van der Waals surface area contributed by atoms with Crippen molar-refractivity contribution >= 4 is 17.2 Å². The Balaban J connectivity index is 2.47. The van der Waals surface area contributed by atoms with Gasteiger partial charge in [0.25, 0.3) is 0 Å². The highest BCUT2D eigenvalue weighted by atomic mass is 32.1. The van der Waals surface area contributed by atoms with E-state index in [1.807, 2.05) is 13.0 Å². The van der Waals surface area contributed by atoms with Crippen molar-refractivity contribution in [3.63, 3.8) is 0 Å². The average molecular weight is 284 g/mol. The first-order valence-electron chi connectivity index (χ1n) is 6.75. The second kappa shape index (κ2) is 9.07. The molecule has 1 aromatic rings. The van der Waals surface area contributed by atoms with Crippen molar-refractivity contribution in [1.82, 2.24) is 10.6 Å². The maximum atomic E-state index is 11.9. The molecule has 5 heteroatoms. The summed E-state index contributed by atoms with van der Waals surface area (Å²) in [6.45, 7) is 5.16. The Morgan fingerprint density at radius 1 is 1.53 bits per heavy atom. The van der Waals surface area contributed by atoms with Crippen molar-refractivity contribution < 1.29 is 9.53 Å². The summed E-state index contributed by atoms with van der Waals surface area (Å²) in [5.41, 5.74) is 0. The summed E-state index contributed by atoms with van der Waals surface area (Å²) >= 11 is 1.73. The summed E-state index contributed by atoms with van der Waals surface area (Å²) in [5.74, 6) is 0.0229. The van der Waals surface area contributed by atoms with Gasteiger partial charge in [-0.2, -0.15) is 0 Å². The molecule has 2 N–H and O–H groups in total. The summed E-state index contributed by atoms with van der Waals surface area (Å²) in [5, 5.41) is 8.33. The number of hydrogen-bond acceptors (Lipinski definition) is 4. The van der Waals surface area contributed by atoms with E-state index in [9.17, 15) is 4.79 Å². The van der Waals surface area contributed by atoms with Gasteiger partial charge in [0.15, 0.2) is 0 Å².